The van der Waals surface area contributed by atoms with Crippen molar-refractivity contribution in [1.82, 2.24) is 0 Å². The van der Waals surface area contributed by atoms with E-state index in [2.05, 4.69) is 6.92 Å². The van der Waals surface area contributed by atoms with Gasteiger partial charge in [-0.05, 0) is 35.8 Å². The number of fused-ring (bicyclic) bond motifs is 5. The van der Waals surface area contributed by atoms with E-state index in [0.717, 1.165) is 5.56 Å². The van der Waals surface area contributed by atoms with Gasteiger partial charge < -0.3 is 19.0 Å². The van der Waals surface area contributed by atoms with Crippen LogP contribution in [0.25, 0.3) is 0 Å². The number of ether oxygens (including phenoxy) is 2. The van der Waals surface area contributed by atoms with E-state index in [1.165, 1.54) is 13.8 Å². The molecule has 4 aliphatic carbocycles. The molecule has 0 bridgehead atoms. The van der Waals surface area contributed by atoms with Crippen molar-refractivity contribution in [1.29, 1.82) is 0 Å². The Bertz CT molecular complexity index is 1170. The number of ketones is 2. The first-order valence-corrected chi connectivity index (χ1v) is 13.7. The van der Waals surface area contributed by atoms with Crippen molar-refractivity contribution >= 4 is 23.5 Å². The molecule has 1 N–H and O–H groups in total. The average molecular weight is 529 g/mol. The number of hydrogen-bond donors (Lipinski definition) is 1. The van der Waals surface area contributed by atoms with E-state index in [4.69, 9.17) is 13.9 Å². The van der Waals surface area contributed by atoms with Crippen molar-refractivity contribution in [2.75, 3.05) is 0 Å². The second-order valence-electron chi connectivity index (χ2n) is 13.5. The third-order valence-corrected chi connectivity index (χ3v) is 11.4. The van der Waals surface area contributed by atoms with Crippen molar-refractivity contribution in [2.45, 2.75) is 98.4 Å². The second-order valence-corrected chi connectivity index (χ2v) is 13.5. The number of rotatable bonds is 3. The summed E-state index contributed by atoms with van der Waals surface area (Å²) in [6.45, 7) is 12.5. The van der Waals surface area contributed by atoms with E-state index in [1.807, 2.05) is 33.8 Å². The molecular formula is C30H40O8. The third-order valence-electron chi connectivity index (χ3n) is 11.4. The highest BCUT2D eigenvalue weighted by Gasteiger charge is 2.78. The minimum absolute atomic E-state index is 0.00290. The molecule has 0 aromatic carbocycles. The summed E-state index contributed by atoms with van der Waals surface area (Å²) in [4.78, 5) is 52.3. The molecule has 0 saturated heterocycles. The number of carbonyl (C=O) groups excluding carboxylic acids is 4. The van der Waals surface area contributed by atoms with Gasteiger partial charge >= 0.3 is 11.9 Å². The van der Waals surface area contributed by atoms with Crippen LogP contribution in [0.15, 0.2) is 23.0 Å². The van der Waals surface area contributed by atoms with Gasteiger partial charge in [0, 0.05) is 60.7 Å². The molecule has 8 nitrogen and oxygen atoms in total. The first kappa shape index (κ1) is 27.1. The molecule has 0 radical (unpaired) electrons. The zero-order valence-electron chi connectivity index (χ0n) is 23.4. The Kier molecular flexibility index (Phi) is 6.07. The average Bonchev–Trinajstić information content (AvgIpc) is 3.42. The van der Waals surface area contributed by atoms with Gasteiger partial charge in [0.25, 0.3) is 0 Å². The highest BCUT2D eigenvalue weighted by atomic mass is 16.6. The fourth-order valence-corrected chi connectivity index (χ4v) is 9.97. The van der Waals surface area contributed by atoms with E-state index in [0.29, 0.717) is 19.3 Å². The van der Waals surface area contributed by atoms with E-state index in [9.17, 15) is 24.3 Å². The SMILES string of the molecule is CC(=O)O[C@@H]1[C@@H]2[C@@]3(C)CCC(=O)C(C)(C)[C@@H]3C[C@@H](OC(C)=O)[C@@]2(C)[C@H]2C(=O)C[C@@H](c3ccoc3)[C@]2(C)[C@H]1O. The number of furan rings is 1. The van der Waals surface area contributed by atoms with Crippen molar-refractivity contribution in [3.8, 4) is 0 Å². The van der Waals surface area contributed by atoms with Crippen LogP contribution in [0.5, 0.6) is 0 Å². The molecule has 208 valence electrons. The number of carbonyl (C=O) groups is 4. The number of aliphatic hydroxyl groups excluding tert-OH is 1. The minimum atomic E-state index is -1.16. The summed E-state index contributed by atoms with van der Waals surface area (Å²) in [5.74, 6) is -2.59. The minimum Gasteiger partial charge on any atom is -0.472 e. The van der Waals surface area contributed by atoms with Crippen LogP contribution in [-0.4, -0.2) is 46.9 Å². The first-order chi connectivity index (χ1) is 17.6. The Balaban J connectivity index is 1.77. The lowest BCUT2D eigenvalue weighted by Crippen LogP contribution is -2.75. The van der Waals surface area contributed by atoms with Crippen LogP contribution in [0.2, 0.25) is 0 Å². The molecule has 38 heavy (non-hydrogen) atoms. The van der Waals surface area contributed by atoms with Gasteiger partial charge in [0.15, 0.2) is 0 Å². The lowest BCUT2D eigenvalue weighted by atomic mass is 9.35. The van der Waals surface area contributed by atoms with Crippen LogP contribution in [-0.2, 0) is 28.7 Å². The van der Waals surface area contributed by atoms with Gasteiger partial charge in [0.2, 0.25) is 0 Å². The van der Waals surface area contributed by atoms with E-state index in [1.54, 1.807) is 12.5 Å². The van der Waals surface area contributed by atoms with Crippen LogP contribution in [0, 0.1) is 39.4 Å². The number of aliphatic hydroxyl groups is 1. The van der Waals surface area contributed by atoms with E-state index < -0.39 is 63.7 Å². The van der Waals surface area contributed by atoms with Crippen LogP contribution in [0.1, 0.15) is 85.6 Å². The summed E-state index contributed by atoms with van der Waals surface area (Å²) >= 11 is 0. The quantitative estimate of drug-likeness (QED) is 0.579. The molecule has 10 atom stereocenters. The van der Waals surface area contributed by atoms with Gasteiger partial charge in [-0.25, -0.2) is 0 Å². The molecule has 1 aromatic heterocycles. The predicted molar refractivity (Wildman–Crippen MR) is 136 cm³/mol. The molecule has 1 heterocycles. The molecule has 4 saturated carbocycles. The third kappa shape index (κ3) is 3.37. The highest BCUT2D eigenvalue weighted by Crippen LogP contribution is 2.74. The lowest BCUT2D eigenvalue weighted by Gasteiger charge is -2.70. The predicted octanol–water partition coefficient (Wildman–Crippen LogP) is 4.23. The van der Waals surface area contributed by atoms with Gasteiger partial charge in [-0.1, -0.05) is 34.6 Å². The van der Waals surface area contributed by atoms with Crippen molar-refractivity contribution in [3.05, 3.63) is 24.2 Å². The van der Waals surface area contributed by atoms with Crippen molar-refractivity contribution < 1.29 is 38.2 Å². The van der Waals surface area contributed by atoms with Crippen LogP contribution < -0.4 is 0 Å². The van der Waals surface area contributed by atoms with Gasteiger partial charge in [-0.15, -0.1) is 0 Å². The van der Waals surface area contributed by atoms with Gasteiger partial charge in [-0.3, -0.25) is 19.2 Å². The van der Waals surface area contributed by atoms with Crippen molar-refractivity contribution in [3.63, 3.8) is 0 Å². The molecule has 0 unspecified atom stereocenters. The Labute approximate surface area is 223 Å². The standard InChI is InChI=1S/C30H40O8/c1-15(31)37-22-13-20-27(3,4)21(34)8-10-28(20,5)25-23(38-16(2)32)26(35)29(6)18(17-9-11-36-14-17)12-19(33)24(29)30(22,25)7/h9,11,14,18,20,22-26,35H,8,10,12-13H2,1-7H3/t18-,20-,22+,23+,24-,25+,26-,28-,29-,30-/m0/s1. The largest absolute Gasteiger partial charge is 0.472 e. The Morgan fingerprint density at radius 2 is 1.68 bits per heavy atom. The van der Waals surface area contributed by atoms with Crippen molar-refractivity contribution in [2.24, 2.45) is 39.4 Å². The van der Waals surface area contributed by atoms with Gasteiger partial charge in [-0.2, -0.15) is 0 Å². The summed E-state index contributed by atoms with van der Waals surface area (Å²) in [7, 11) is 0. The Hall–Kier alpha value is -2.48. The maximum atomic E-state index is 14.1. The zero-order chi connectivity index (χ0) is 28.0. The van der Waals surface area contributed by atoms with E-state index in [-0.39, 0.29) is 29.8 Å². The molecule has 0 spiro atoms. The Morgan fingerprint density at radius 1 is 1.03 bits per heavy atom. The summed E-state index contributed by atoms with van der Waals surface area (Å²) in [6, 6.07) is 1.81. The maximum Gasteiger partial charge on any atom is 0.303 e. The number of hydrogen-bond acceptors (Lipinski definition) is 8. The van der Waals surface area contributed by atoms with Crippen LogP contribution in [0.4, 0.5) is 0 Å². The molecule has 5 rings (SSSR count). The summed E-state index contributed by atoms with van der Waals surface area (Å²) in [5.41, 5.74) is -2.41. The van der Waals surface area contributed by atoms with Gasteiger partial charge in [0.05, 0.1) is 18.6 Å². The molecule has 4 aliphatic rings. The highest BCUT2D eigenvalue weighted by molar-refractivity contribution is 5.88. The fourth-order valence-electron chi connectivity index (χ4n) is 9.97. The molecule has 8 heteroatoms. The van der Waals surface area contributed by atoms with Crippen LogP contribution >= 0.6 is 0 Å². The van der Waals surface area contributed by atoms with E-state index >= 15 is 0 Å². The maximum absolute atomic E-state index is 14.1. The van der Waals surface area contributed by atoms with Crippen LogP contribution in [0.3, 0.4) is 0 Å². The Morgan fingerprint density at radius 3 is 2.26 bits per heavy atom. The smallest absolute Gasteiger partial charge is 0.303 e. The monoisotopic (exact) mass is 528 g/mol. The number of Topliss-reactive ketones (excluding diaryl/α,β-unsaturated/α-hetero) is 2. The molecule has 4 fully saturated rings. The summed E-state index contributed by atoms with van der Waals surface area (Å²) < 4.78 is 17.4. The normalized spacial score (nSPS) is 45.5. The fraction of sp³-hybridized carbons (Fsp3) is 0.733. The first-order valence-electron chi connectivity index (χ1n) is 13.7. The summed E-state index contributed by atoms with van der Waals surface area (Å²) in [6.07, 6.45) is 1.87. The zero-order valence-corrected chi connectivity index (χ0v) is 23.4. The molecule has 0 amide bonds. The van der Waals surface area contributed by atoms with Gasteiger partial charge in [0.1, 0.15) is 23.8 Å². The molecular weight excluding hydrogens is 488 g/mol. The molecule has 1 aromatic rings. The second kappa shape index (κ2) is 8.51. The number of esters is 2. The molecule has 0 aliphatic heterocycles. The summed E-state index contributed by atoms with van der Waals surface area (Å²) in [5, 5.41) is 12.2. The lowest BCUT2D eigenvalue weighted by molar-refractivity contribution is -0.291. The topological polar surface area (TPSA) is 120 Å².